The lowest BCUT2D eigenvalue weighted by molar-refractivity contribution is 1.28. The molecule has 0 saturated carbocycles. The van der Waals surface area contributed by atoms with Crippen molar-refractivity contribution in [2.75, 3.05) is 12.4 Å². The van der Waals surface area contributed by atoms with E-state index in [1.807, 2.05) is 31.3 Å². The fourth-order valence-corrected chi connectivity index (χ4v) is 2.39. The van der Waals surface area contributed by atoms with Crippen LogP contribution in [0.4, 0.5) is 5.82 Å². The van der Waals surface area contributed by atoms with E-state index >= 15 is 0 Å². The highest BCUT2D eigenvalue weighted by molar-refractivity contribution is 6.35. The molecule has 96 valence electrons. The van der Waals surface area contributed by atoms with E-state index in [1.165, 1.54) is 0 Å². The van der Waals surface area contributed by atoms with Gasteiger partial charge in [-0.2, -0.15) is 0 Å². The maximum atomic E-state index is 5.99. The first-order valence-corrected chi connectivity index (χ1v) is 6.42. The number of hydrogen-bond acceptors (Lipinski definition) is 3. The van der Waals surface area contributed by atoms with Gasteiger partial charge in [0.25, 0.3) is 0 Å². The van der Waals surface area contributed by atoms with Gasteiger partial charge in [0.15, 0.2) is 5.65 Å². The van der Waals surface area contributed by atoms with Crippen molar-refractivity contribution < 1.29 is 0 Å². The largest absolute Gasteiger partial charge is 0.373 e. The molecule has 0 spiro atoms. The summed E-state index contributed by atoms with van der Waals surface area (Å²) < 4.78 is 0. The molecule has 19 heavy (non-hydrogen) atoms. The highest BCUT2D eigenvalue weighted by Gasteiger charge is 2.08. The highest BCUT2D eigenvalue weighted by Crippen LogP contribution is 2.26. The Kier molecular flexibility index (Phi) is 3.05. The van der Waals surface area contributed by atoms with E-state index in [1.54, 1.807) is 6.07 Å². The van der Waals surface area contributed by atoms with E-state index in [4.69, 9.17) is 23.2 Å². The summed E-state index contributed by atoms with van der Waals surface area (Å²) in [6.07, 6.45) is 0. The molecule has 0 saturated heterocycles. The van der Waals surface area contributed by atoms with E-state index < -0.39 is 0 Å². The number of fused-ring (bicyclic) bond motifs is 1. The Hall–Kier alpha value is -1.78. The predicted molar refractivity (Wildman–Crippen MR) is 78.9 cm³/mol. The summed E-state index contributed by atoms with van der Waals surface area (Å²) in [7, 11) is 1.82. The van der Waals surface area contributed by atoms with E-state index in [-0.39, 0.29) is 0 Å². The quantitative estimate of drug-likeness (QED) is 0.751. The van der Waals surface area contributed by atoms with Crippen LogP contribution in [-0.2, 0) is 0 Å². The Labute approximate surface area is 119 Å². The first kappa shape index (κ1) is 12.3. The fourth-order valence-electron chi connectivity index (χ4n) is 1.86. The van der Waals surface area contributed by atoms with Crippen molar-refractivity contribution in [1.29, 1.82) is 0 Å². The number of rotatable bonds is 2. The van der Waals surface area contributed by atoms with Crippen molar-refractivity contribution in [3.8, 4) is 11.4 Å². The molecule has 0 bridgehead atoms. The average Bonchev–Trinajstić information content (AvgIpc) is 2.80. The topological polar surface area (TPSA) is 53.6 Å². The zero-order valence-corrected chi connectivity index (χ0v) is 11.5. The minimum atomic E-state index is 0.576. The van der Waals surface area contributed by atoms with Crippen LogP contribution >= 0.6 is 23.2 Å². The van der Waals surface area contributed by atoms with Crippen molar-refractivity contribution >= 4 is 40.2 Å². The Balaban J connectivity index is 2.14. The molecule has 0 unspecified atom stereocenters. The molecule has 0 aliphatic rings. The first-order chi connectivity index (χ1) is 9.15. The third kappa shape index (κ3) is 2.37. The molecular weight excluding hydrogens is 283 g/mol. The van der Waals surface area contributed by atoms with Crippen molar-refractivity contribution in [1.82, 2.24) is 15.0 Å². The van der Waals surface area contributed by atoms with Gasteiger partial charge in [-0.15, -0.1) is 0 Å². The number of anilines is 1. The van der Waals surface area contributed by atoms with Crippen LogP contribution in [0, 0.1) is 0 Å². The molecular formula is C13H10Cl2N4. The number of halogens is 2. The second-order valence-electron chi connectivity index (χ2n) is 4.06. The van der Waals surface area contributed by atoms with Gasteiger partial charge in [-0.3, -0.25) is 0 Å². The number of hydrogen-bond donors (Lipinski definition) is 2. The molecule has 0 radical (unpaired) electrons. The van der Waals surface area contributed by atoms with E-state index in [0.717, 1.165) is 16.9 Å². The molecule has 2 aromatic heterocycles. The minimum absolute atomic E-state index is 0.576. The highest BCUT2D eigenvalue weighted by atomic mass is 35.5. The molecule has 3 aromatic rings. The van der Waals surface area contributed by atoms with Crippen molar-refractivity contribution in [3.05, 3.63) is 40.4 Å². The van der Waals surface area contributed by atoms with Crippen LogP contribution in [0.3, 0.4) is 0 Å². The Morgan fingerprint density at radius 1 is 1.05 bits per heavy atom. The Morgan fingerprint density at radius 2 is 1.79 bits per heavy atom. The molecule has 6 heteroatoms. The maximum absolute atomic E-state index is 5.99. The number of benzene rings is 1. The van der Waals surface area contributed by atoms with Crippen molar-refractivity contribution in [3.63, 3.8) is 0 Å². The summed E-state index contributed by atoms with van der Waals surface area (Å²) >= 11 is 12.0. The third-order valence-electron chi connectivity index (χ3n) is 2.74. The van der Waals surface area contributed by atoms with Gasteiger partial charge in [-0.25, -0.2) is 9.97 Å². The fraction of sp³-hybridized carbons (Fsp3) is 0.0769. The summed E-state index contributed by atoms with van der Waals surface area (Å²) in [6, 6.07) is 9.12. The number of nitrogens with zero attached hydrogens (tertiary/aromatic N) is 2. The van der Waals surface area contributed by atoms with Crippen LogP contribution in [-0.4, -0.2) is 22.0 Å². The molecule has 4 nitrogen and oxygen atoms in total. The van der Waals surface area contributed by atoms with Gasteiger partial charge in [0.05, 0.1) is 5.52 Å². The monoisotopic (exact) mass is 292 g/mol. The van der Waals surface area contributed by atoms with Crippen LogP contribution in [0.15, 0.2) is 30.3 Å². The molecule has 0 atom stereocenters. The summed E-state index contributed by atoms with van der Waals surface area (Å²) in [5, 5.41) is 4.13. The molecule has 0 fully saturated rings. The SMILES string of the molecule is CNc1ccc2[nH]c(-c3cc(Cl)cc(Cl)c3)nc2n1. The van der Waals surface area contributed by atoms with Gasteiger partial charge < -0.3 is 10.3 Å². The van der Waals surface area contributed by atoms with Gasteiger partial charge in [0, 0.05) is 22.7 Å². The summed E-state index contributed by atoms with van der Waals surface area (Å²) in [4.78, 5) is 12.0. The van der Waals surface area contributed by atoms with Crippen LogP contribution in [0.25, 0.3) is 22.6 Å². The number of imidazole rings is 1. The standard InChI is InChI=1S/C13H10Cl2N4/c1-16-11-3-2-10-13(18-11)19-12(17-10)7-4-8(14)6-9(15)5-7/h2-6H,1H3,(H2,16,17,18,19). The van der Waals surface area contributed by atoms with Crippen molar-refractivity contribution in [2.45, 2.75) is 0 Å². The Bertz CT molecular complexity index is 731. The smallest absolute Gasteiger partial charge is 0.180 e. The molecule has 0 amide bonds. The van der Waals surface area contributed by atoms with E-state index in [0.29, 0.717) is 21.5 Å². The summed E-state index contributed by atoms with van der Waals surface area (Å²) in [5.74, 6) is 1.47. The van der Waals surface area contributed by atoms with Crippen LogP contribution in [0.1, 0.15) is 0 Å². The molecule has 3 rings (SSSR count). The molecule has 0 aliphatic heterocycles. The van der Waals surface area contributed by atoms with Gasteiger partial charge in [-0.05, 0) is 30.3 Å². The number of pyridine rings is 1. The lowest BCUT2D eigenvalue weighted by Crippen LogP contribution is -1.91. The van der Waals surface area contributed by atoms with Gasteiger partial charge in [0.1, 0.15) is 11.6 Å². The maximum Gasteiger partial charge on any atom is 0.180 e. The Morgan fingerprint density at radius 3 is 2.47 bits per heavy atom. The van der Waals surface area contributed by atoms with Gasteiger partial charge >= 0.3 is 0 Å². The van der Waals surface area contributed by atoms with E-state index in [2.05, 4.69) is 20.3 Å². The number of aromatic amines is 1. The summed E-state index contributed by atoms with van der Waals surface area (Å²) in [6.45, 7) is 0. The van der Waals surface area contributed by atoms with Crippen LogP contribution in [0.2, 0.25) is 10.0 Å². The number of nitrogens with one attached hydrogen (secondary N) is 2. The second kappa shape index (κ2) is 4.72. The molecule has 2 heterocycles. The van der Waals surface area contributed by atoms with Crippen LogP contribution < -0.4 is 5.32 Å². The second-order valence-corrected chi connectivity index (χ2v) is 4.93. The number of H-pyrrole nitrogens is 1. The van der Waals surface area contributed by atoms with E-state index in [9.17, 15) is 0 Å². The zero-order valence-electron chi connectivity index (χ0n) is 10.0. The first-order valence-electron chi connectivity index (χ1n) is 5.67. The minimum Gasteiger partial charge on any atom is -0.373 e. The molecule has 2 N–H and O–H groups in total. The summed E-state index contributed by atoms with van der Waals surface area (Å²) in [5.41, 5.74) is 2.35. The lowest BCUT2D eigenvalue weighted by Gasteiger charge is -1.98. The number of aromatic nitrogens is 3. The molecule has 0 aliphatic carbocycles. The van der Waals surface area contributed by atoms with Crippen LogP contribution in [0.5, 0.6) is 0 Å². The molecule has 1 aromatic carbocycles. The predicted octanol–water partition coefficient (Wildman–Crippen LogP) is 3.97. The average molecular weight is 293 g/mol. The van der Waals surface area contributed by atoms with Crippen molar-refractivity contribution in [2.24, 2.45) is 0 Å². The lowest BCUT2D eigenvalue weighted by atomic mass is 10.2. The third-order valence-corrected chi connectivity index (χ3v) is 3.17. The zero-order chi connectivity index (χ0) is 13.4. The normalized spacial score (nSPS) is 10.9. The van der Waals surface area contributed by atoms with Gasteiger partial charge in [0.2, 0.25) is 0 Å². The van der Waals surface area contributed by atoms with Gasteiger partial charge in [-0.1, -0.05) is 23.2 Å².